The maximum absolute atomic E-state index is 12.7. The van der Waals surface area contributed by atoms with Gasteiger partial charge >= 0.3 is 5.97 Å². The van der Waals surface area contributed by atoms with Crippen molar-refractivity contribution in [2.24, 2.45) is 0 Å². The summed E-state index contributed by atoms with van der Waals surface area (Å²) in [4.78, 5) is 51.5. The molecule has 3 heterocycles. The number of carboxylic acid groups (broad SMARTS) is 1. The molecule has 9 heteroatoms. The van der Waals surface area contributed by atoms with Crippen molar-refractivity contribution in [3.05, 3.63) is 46.7 Å². The van der Waals surface area contributed by atoms with Crippen LogP contribution >= 0.6 is 27.7 Å². The van der Waals surface area contributed by atoms with Crippen molar-refractivity contribution < 1.29 is 24.3 Å². The van der Waals surface area contributed by atoms with Gasteiger partial charge in [0.25, 0.3) is 17.7 Å². The third-order valence-corrected chi connectivity index (χ3v) is 6.49. The normalized spacial score (nSPS) is 25.1. The molecule has 0 saturated carbocycles. The molecule has 3 aliphatic rings. The summed E-state index contributed by atoms with van der Waals surface area (Å²) in [5, 5.41) is 9.22. The van der Waals surface area contributed by atoms with Crippen molar-refractivity contribution in [1.82, 2.24) is 9.80 Å². The highest BCUT2D eigenvalue weighted by Gasteiger charge is 2.59. The van der Waals surface area contributed by atoms with Gasteiger partial charge in [-0.15, -0.1) is 11.8 Å². The molecule has 0 aliphatic carbocycles. The molecule has 4 rings (SSSR count). The van der Waals surface area contributed by atoms with Crippen LogP contribution in [0, 0.1) is 0 Å². The van der Waals surface area contributed by atoms with E-state index in [1.54, 1.807) is 24.3 Å². The molecule has 0 bridgehead atoms. The number of carboxylic acids is 1. The van der Waals surface area contributed by atoms with Gasteiger partial charge in [0.15, 0.2) is 0 Å². The van der Waals surface area contributed by atoms with E-state index in [1.165, 1.54) is 16.7 Å². The molecule has 1 aromatic rings. The van der Waals surface area contributed by atoms with Crippen LogP contribution in [0.15, 0.2) is 35.5 Å². The fourth-order valence-corrected chi connectivity index (χ4v) is 5.45. The molecule has 1 N–H and O–H groups in total. The summed E-state index contributed by atoms with van der Waals surface area (Å²) in [6, 6.07) is 5.45. The fraction of sp³-hybridized carbons (Fsp3) is 0.250. The highest BCUT2D eigenvalue weighted by Crippen LogP contribution is 2.44. The van der Waals surface area contributed by atoms with E-state index >= 15 is 0 Å². The number of rotatable bonds is 3. The van der Waals surface area contributed by atoms with E-state index in [1.807, 2.05) is 0 Å². The predicted molar refractivity (Wildman–Crippen MR) is 92.3 cm³/mol. The van der Waals surface area contributed by atoms with E-state index in [-0.39, 0.29) is 16.8 Å². The molecule has 128 valence electrons. The third kappa shape index (κ3) is 2.12. The zero-order valence-corrected chi connectivity index (χ0v) is 15.0. The van der Waals surface area contributed by atoms with Gasteiger partial charge in [0.05, 0.1) is 11.1 Å². The van der Waals surface area contributed by atoms with Crippen LogP contribution in [-0.4, -0.2) is 61.1 Å². The van der Waals surface area contributed by atoms with Crippen LogP contribution in [-0.2, 0) is 9.59 Å². The zero-order valence-electron chi connectivity index (χ0n) is 12.6. The molecule has 7 nitrogen and oxygen atoms in total. The first-order valence-electron chi connectivity index (χ1n) is 7.40. The van der Waals surface area contributed by atoms with Gasteiger partial charge in [-0.25, -0.2) is 4.79 Å². The second kappa shape index (κ2) is 5.70. The largest absolute Gasteiger partial charge is 0.477 e. The van der Waals surface area contributed by atoms with Gasteiger partial charge in [-0.1, -0.05) is 28.1 Å². The SMILES string of the molecule is O=C(O)C1=C(CBr)CS[C@@H]2C(N3C(=O)c4ccccc4C3=O)C(=O)N12. The number of amides is 3. The lowest BCUT2D eigenvalue weighted by Gasteiger charge is -2.51. The molecule has 1 unspecified atom stereocenters. The minimum absolute atomic E-state index is 0.0570. The zero-order chi connectivity index (χ0) is 17.9. The van der Waals surface area contributed by atoms with E-state index in [2.05, 4.69) is 15.9 Å². The third-order valence-electron chi connectivity index (χ3n) is 4.49. The van der Waals surface area contributed by atoms with Gasteiger partial charge in [-0.3, -0.25) is 24.2 Å². The molecule has 1 fully saturated rings. The molecular formula is C16H11BrN2O5S. The molecular weight excluding hydrogens is 412 g/mol. The molecule has 3 aliphatic heterocycles. The predicted octanol–water partition coefficient (Wildman–Crippen LogP) is 1.30. The first-order valence-corrected chi connectivity index (χ1v) is 9.57. The van der Waals surface area contributed by atoms with Crippen molar-refractivity contribution >= 4 is 51.4 Å². The summed E-state index contributed by atoms with van der Waals surface area (Å²) in [5.41, 5.74) is 1.09. The van der Waals surface area contributed by atoms with E-state index in [0.29, 0.717) is 16.7 Å². The molecule has 1 aromatic carbocycles. The number of hydrogen-bond acceptors (Lipinski definition) is 5. The standard InChI is InChI=1S/C16H11BrN2O5S/c17-5-7-6-25-15-11(14(22)19(15)10(7)16(23)24)18-12(20)8-3-1-2-4-9(8)13(18)21/h1-4,11,15H,5-6H2,(H,23,24)/t11?,15-/m1/s1. The van der Waals surface area contributed by atoms with E-state index in [4.69, 9.17) is 0 Å². The van der Waals surface area contributed by atoms with E-state index in [0.717, 1.165) is 4.90 Å². The second-order valence-electron chi connectivity index (χ2n) is 5.77. The number of imide groups is 1. The number of thioether (sulfide) groups is 1. The Balaban J connectivity index is 1.69. The molecule has 2 atom stereocenters. The Bertz CT molecular complexity index is 848. The van der Waals surface area contributed by atoms with Crippen LogP contribution in [0.1, 0.15) is 20.7 Å². The van der Waals surface area contributed by atoms with Crippen molar-refractivity contribution in [3.8, 4) is 0 Å². The minimum atomic E-state index is -1.19. The number of nitrogens with zero attached hydrogens (tertiary/aromatic N) is 2. The van der Waals surface area contributed by atoms with Crippen molar-refractivity contribution in [2.45, 2.75) is 11.4 Å². The molecule has 0 spiro atoms. The highest BCUT2D eigenvalue weighted by atomic mass is 79.9. The molecule has 0 aromatic heterocycles. The van der Waals surface area contributed by atoms with Gasteiger partial charge in [0, 0.05) is 11.1 Å². The average Bonchev–Trinajstić information content (AvgIpc) is 2.86. The van der Waals surface area contributed by atoms with Crippen LogP contribution in [0.5, 0.6) is 0 Å². The Morgan fingerprint density at radius 1 is 1.16 bits per heavy atom. The second-order valence-corrected chi connectivity index (χ2v) is 7.44. The van der Waals surface area contributed by atoms with E-state index < -0.39 is 35.1 Å². The molecule has 1 saturated heterocycles. The summed E-state index contributed by atoms with van der Waals surface area (Å²) >= 11 is 4.60. The maximum Gasteiger partial charge on any atom is 0.352 e. The lowest BCUT2D eigenvalue weighted by Crippen LogP contribution is -2.71. The number of halogens is 1. The Hall–Kier alpha value is -2.13. The summed E-state index contributed by atoms with van der Waals surface area (Å²) in [6.07, 6.45) is 0. The summed E-state index contributed by atoms with van der Waals surface area (Å²) in [6.45, 7) is 0. The maximum atomic E-state index is 12.7. The number of alkyl halides is 1. The monoisotopic (exact) mass is 422 g/mol. The van der Waals surface area contributed by atoms with Gasteiger partial charge in [-0.2, -0.15) is 0 Å². The van der Waals surface area contributed by atoms with Crippen LogP contribution < -0.4 is 0 Å². The number of carbonyl (C=O) groups excluding carboxylic acids is 3. The number of benzene rings is 1. The Kier molecular flexibility index (Phi) is 3.73. The lowest BCUT2D eigenvalue weighted by atomic mass is 10.0. The van der Waals surface area contributed by atoms with E-state index in [9.17, 15) is 24.3 Å². The first kappa shape index (κ1) is 16.3. The smallest absolute Gasteiger partial charge is 0.352 e. The summed E-state index contributed by atoms with van der Waals surface area (Å²) < 4.78 is 0. The summed E-state index contributed by atoms with van der Waals surface area (Å²) in [5.74, 6) is -2.32. The van der Waals surface area contributed by atoms with Crippen molar-refractivity contribution in [2.75, 3.05) is 11.1 Å². The number of aliphatic carboxylic acids is 1. The Morgan fingerprint density at radius 3 is 2.28 bits per heavy atom. The van der Waals surface area contributed by atoms with Crippen LogP contribution in [0.3, 0.4) is 0 Å². The van der Waals surface area contributed by atoms with Gasteiger partial charge < -0.3 is 5.11 Å². The van der Waals surface area contributed by atoms with Crippen molar-refractivity contribution in [1.29, 1.82) is 0 Å². The van der Waals surface area contributed by atoms with Crippen LogP contribution in [0.2, 0.25) is 0 Å². The molecule has 3 amide bonds. The van der Waals surface area contributed by atoms with Crippen LogP contribution in [0.4, 0.5) is 0 Å². The highest BCUT2D eigenvalue weighted by molar-refractivity contribution is 9.09. The number of β-lactam (4-membered cyclic amide) rings is 1. The number of carbonyl (C=O) groups is 4. The quantitative estimate of drug-likeness (QED) is 0.448. The lowest BCUT2D eigenvalue weighted by molar-refractivity contribution is -0.151. The number of hydrogen-bond donors (Lipinski definition) is 1. The minimum Gasteiger partial charge on any atom is -0.477 e. The molecule has 25 heavy (non-hydrogen) atoms. The van der Waals surface area contributed by atoms with Gasteiger partial charge in [0.1, 0.15) is 17.1 Å². The Labute approximate surface area is 154 Å². The topological polar surface area (TPSA) is 95.0 Å². The van der Waals surface area contributed by atoms with Crippen molar-refractivity contribution in [3.63, 3.8) is 0 Å². The Morgan fingerprint density at radius 2 is 1.76 bits per heavy atom. The van der Waals surface area contributed by atoms with Gasteiger partial charge in [-0.05, 0) is 17.7 Å². The average molecular weight is 423 g/mol. The fourth-order valence-electron chi connectivity index (χ4n) is 3.33. The first-order chi connectivity index (χ1) is 12.0. The summed E-state index contributed by atoms with van der Waals surface area (Å²) in [7, 11) is 0. The van der Waals surface area contributed by atoms with Crippen LogP contribution in [0.25, 0.3) is 0 Å². The number of fused-ring (bicyclic) bond motifs is 2. The van der Waals surface area contributed by atoms with Gasteiger partial charge in [0.2, 0.25) is 0 Å². The molecule has 0 radical (unpaired) electrons.